The van der Waals surface area contributed by atoms with Crippen LogP contribution in [0.5, 0.6) is 0 Å². The Kier molecular flexibility index (Phi) is 5.58. The largest absolute Gasteiger partial charge is 0.329 e. The maximum absolute atomic E-state index is 5.79. The van der Waals surface area contributed by atoms with Gasteiger partial charge in [-0.25, -0.2) is 0 Å². The van der Waals surface area contributed by atoms with Crippen LogP contribution in [0.15, 0.2) is 0 Å². The molecule has 0 spiro atoms. The van der Waals surface area contributed by atoms with E-state index in [1.54, 1.807) is 0 Å². The molecule has 0 aromatic heterocycles. The van der Waals surface area contributed by atoms with Crippen molar-refractivity contribution >= 4 is 0 Å². The highest BCUT2D eigenvalue weighted by atomic mass is 15.2. The van der Waals surface area contributed by atoms with Gasteiger partial charge in [-0.05, 0) is 45.9 Å². The second-order valence-corrected chi connectivity index (χ2v) is 4.63. The van der Waals surface area contributed by atoms with Crippen LogP contribution >= 0.6 is 0 Å². The van der Waals surface area contributed by atoms with Crippen LogP contribution in [0.1, 0.15) is 33.1 Å². The molecular formula is C12H27N3. The van der Waals surface area contributed by atoms with E-state index >= 15 is 0 Å². The monoisotopic (exact) mass is 213 g/mol. The average molecular weight is 213 g/mol. The van der Waals surface area contributed by atoms with Gasteiger partial charge in [0.15, 0.2) is 0 Å². The minimum absolute atomic E-state index is 0.572. The van der Waals surface area contributed by atoms with Crippen LogP contribution in [0.2, 0.25) is 0 Å². The predicted octanol–water partition coefficient (Wildman–Crippen LogP) is 1.14. The van der Waals surface area contributed by atoms with Gasteiger partial charge in [0, 0.05) is 18.6 Å². The Hall–Kier alpha value is -0.120. The number of hydrogen-bond acceptors (Lipinski definition) is 3. The summed E-state index contributed by atoms with van der Waals surface area (Å²) in [5.74, 6) is 0. The fourth-order valence-corrected chi connectivity index (χ4v) is 2.56. The maximum Gasteiger partial charge on any atom is 0.0215 e. The molecule has 0 radical (unpaired) electrons. The first-order valence-corrected chi connectivity index (χ1v) is 6.37. The third kappa shape index (κ3) is 3.44. The molecule has 1 aliphatic rings. The second kappa shape index (κ2) is 6.46. The highest BCUT2D eigenvalue weighted by Crippen LogP contribution is 2.17. The summed E-state index contributed by atoms with van der Waals surface area (Å²) in [4.78, 5) is 5.04. The Morgan fingerprint density at radius 2 is 1.93 bits per heavy atom. The van der Waals surface area contributed by atoms with Gasteiger partial charge in [-0.2, -0.15) is 0 Å². The van der Waals surface area contributed by atoms with Crippen molar-refractivity contribution in [3.8, 4) is 0 Å². The summed E-state index contributed by atoms with van der Waals surface area (Å²) in [6.45, 7) is 8.98. The molecule has 1 unspecified atom stereocenters. The molecule has 0 aliphatic carbocycles. The summed E-state index contributed by atoms with van der Waals surface area (Å²) >= 11 is 0. The molecule has 0 saturated carbocycles. The van der Waals surface area contributed by atoms with Crippen molar-refractivity contribution in [2.24, 2.45) is 5.73 Å². The zero-order valence-corrected chi connectivity index (χ0v) is 10.6. The molecular weight excluding hydrogens is 186 g/mol. The third-order valence-electron chi connectivity index (χ3n) is 3.90. The van der Waals surface area contributed by atoms with Gasteiger partial charge in [0.2, 0.25) is 0 Å². The Labute approximate surface area is 94.6 Å². The van der Waals surface area contributed by atoms with Gasteiger partial charge in [0.1, 0.15) is 0 Å². The molecule has 1 saturated heterocycles. The molecule has 0 aromatic carbocycles. The zero-order valence-electron chi connectivity index (χ0n) is 10.6. The van der Waals surface area contributed by atoms with Gasteiger partial charge < -0.3 is 10.6 Å². The van der Waals surface area contributed by atoms with Crippen LogP contribution in [-0.2, 0) is 0 Å². The number of nitrogens with zero attached hydrogens (tertiary/aromatic N) is 2. The molecule has 90 valence electrons. The van der Waals surface area contributed by atoms with Crippen LogP contribution in [0.25, 0.3) is 0 Å². The van der Waals surface area contributed by atoms with E-state index in [1.165, 1.54) is 38.9 Å². The third-order valence-corrected chi connectivity index (χ3v) is 3.90. The highest BCUT2D eigenvalue weighted by molar-refractivity contribution is 4.81. The minimum atomic E-state index is 0.572. The van der Waals surface area contributed by atoms with E-state index in [1.807, 2.05) is 0 Å². The van der Waals surface area contributed by atoms with Crippen molar-refractivity contribution in [3.05, 3.63) is 0 Å². The van der Waals surface area contributed by atoms with E-state index in [4.69, 9.17) is 5.73 Å². The number of nitrogens with two attached hydrogens (primary N) is 1. The molecule has 1 fully saturated rings. The number of likely N-dealkylation sites (N-methyl/N-ethyl adjacent to an activating group) is 1. The molecule has 1 rings (SSSR count). The Bertz CT molecular complexity index is 160. The SMILES string of the molecule is CCC(CN)N(C)C1CCN(CC)CC1. The first kappa shape index (κ1) is 12.9. The normalized spacial score (nSPS) is 22.2. The van der Waals surface area contributed by atoms with E-state index in [9.17, 15) is 0 Å². The zero-order chi connectivity index (χ0) is 11.3. The van der Waals surface area contributed by atoms with Gasteiger partial charge in [-0.15, -0.1) is 0 Å². The standard InChI is InChI=1S/C12H27N3/c1-4-11(10-13)14(3)12-6-8-15(5-2)9-7-12/h11-12H,4-10,13H2,1-3H3. The summed E-state index contributed by atoms with van der Waals surface area (Å²) in [7, 11) is 2.24. The molecule has 15 heavy (non-hydrogen) atoms. The smallest absolute Gasteiger partial charge is 0.0215 e. The molecule has 0 bridgehead atoms. The maximum atomic E-state index is 5.79. The van der Waals surface area contributed by atoms with E-state index < -0.39 is 0 Å². The molecule has 3 nitrogen and oxygen atoms in total. The number of rotatable bonds is 5. The van der Waals surface area contributed by atoms with Crippen LogP contribution in [0.4, 0.5) is 0 Å². The summed E-state index contributed by atoms with van der Waals surface area (Å²) in [5, 5.41) is 0. The summed E-state index contributed by atoms with van der Waals surface area (Å²) < 4.78 is 0. The second-order valence-electron chi connectivity index (χ2n) is 4.63. The van der Waals surface area contributed by atoms with Gasteiger partial charge >= 0.3 is 0 Å². The van der Waals surface area contributed by atoms with Crippen molar-refractivity contribution in [1.82, 2.24) is 9.80 Å². The topological polar surface area (TPSA) is 32.5 Å². The van der Waals surface area contributed by atoms with Crippen molar-refractivity contribution in [2.75, 3.05) is 33.2 Å². The summed E-state index contributed by atoms with van der Waals surface area (Å²) in [6, 6.07) is 1.32. The van der Waals surface area contributed by atoms with Gasteiger partial charge in [0.05, 0.1) is 0 Å². The Morgan fingerprint density at radius 1 is 1.33 bits per heavy atom. The lowest BCUT2D eigenvalue weighted by molar-refractivity contribution is 0.0992. The Balaban J connectivity index is 2.38. The van der Waals surface area contributed by atoms with Crippen molar-refractivity contribution in [2.45, 2.75) is 45.2 Å². The fourth-order valence-electron chi connectivity index (χ4n) is 2.56. The summed E-state index contributed by atoms with van der Waals surface area (Å²) in [5.41, 5.74) is 5.79. The molecule has 1 atom stereocenters. The fraction of sp³-hybridized carbons (Fsp3) is 1.00. The molecule has 1 heterocycles. The predicted molar refractivity (Wildman–Crippen MR) is 66.0 cm³/mol. The molecule has 0 aromatic rings. The highest BCUT2D eigenvalue weighted by Gasteiger charge is 2.24. The van der Waals surface area contributed by atoms with Crippen LogP contribution in [0.3, 0.4) is 0 Å². The number of piperidine rings is 1. The van der Waals surface area contributed by atoms with Crippen LogP contribution < -0.4 is 5.73 Å². The van der Waals surface area contributed by atoms with Gasteiger partial charge in [-0.1, -0.05) is 13.8 Å². The molecule has 2 N–H and O–H groups in total. The van der Waals surface area contributed by atoms with E-state index in [0.717, 1.165) is 12.6 Å². The molecule has 1 aliphatic heterocycles. The van der Waals surface area contributed by atoms with Crippen LogP contribution in [0, 0.1) is 0 Å². The lowest BCUT2D eigenvalue weighted by Crippen LogP contribution is -2.49. The quantitative estimate of drug-likeness (QED) is 0.743. The molecule has 3 heteroatoms. The lowest BCUT2D eigenvalue weighted by atomic mass is 10.0. The minimum Gasteiger partial charge on any atom is -0.329 e. The summed E-state index contributed by atoms with van der Waals surface area (Å²) in [6.07, 6.45) is 3.78. The van der Waals surface area contributed by atoms with E-state index in [0.29, 0.717) is 6.04 Å². The van der Waals surface area contributed by atoms with Crippen molar-refractivity contribution < 1.29 is 0 Å². The van der Waals surface area contributed by atoms with Gasteiger partial charge in [-0.3, -0.25) is 4.90 Å². The van der Waals surface area contributed by atoms with E-state index in [-0.39, 0.29) is 0 Å². The average Bonchev–Trinajstić information content (AvgIpc) is 2.30. The first-order valence-electron chi connectivity index (χ1n) is 6.37. The lowest BCUT2D eigenvalue weighted by Gasteiger charge is -2.39. The van der Waals surface area contributed by atoms with Crippen LogP contribution in [-0.4, -0.2) is 55.1 Å². The van der Waals surface area contributed by atoms with Crippen molar-refractivity contribution in [1.29, 1.82) is 0 Å². The van der Waals surface area contributed by atoms with Crippen molar-refractivity contribution in [3.63, 3.8) is 0 Å². The van der Waals surface area contributed by atoms with E-state index in [2.05, 4.69) is 30.7 Å². The number of hydrogen-bond donors (Lipinski definition) is 1. The van der Waals surface area contributed by atoms with Gasteiger partial charge in [0.25, 0.3) is 0 Å². The number of likely N-dealkylation sites (tertiary alicyclic amines) is 1. The molecule has 0 amide bonds. The Morgan fingerprint density at radius 3 is 2.33 bits per heavy atom. The first-order chi connectivity index (χ1) is 7.22.